The first-order valence-corrected chi connectivity index (χ1v) is 15.8. The third-order valence-electron chi connectivity index (χ3n) is 5.06. The van der Waals surface area contributed by atoms with Gasteiger partial charge in [0.05, 0.1) is 12.6 Å². The van der Waals surface area contributed by atoms with Crippen molar-refractivity contribution in [2.45, 2.75) is 24.5 Å². The minimum absolute atomic E-state index is 0.0674. The average molecular weight is 506 g/mol. The number of hydrogen-bond donors (Lipinski definition) is 1. The summed E-state index contributed by atoms with van der Waals surface area (Å²) in [6, 6.07) is 14.4. The standard InChI is InChI=1S/C26H24FN3O3SSi/c1-33-26-24(30-34(31,32)25-8-6-5-7-22(25)27)16-20(17-29-26)19-9-10-23-21(15-19)18(11-13-28-23)12-14-35(2,3)4/h5-11,13,15-17,30H,1-4H3. The number of methoxy groups -OCH3 is 1. The predicted octanol–water partition coefficient (Wildman–Crippen LogP) is 5.47. The van der Waals surface area contributed by atoms with Crippen molar-refractivity contribution >= 4 is 34.7 Å². The second-order valence-electron chi connectivity index (χ2n) is 8.91. The van der Waals surface area contributed by atoms with Gasteiger partial charge in [0.25, 0.3) is 10.0 Å². The number of fused-ring (bicyclic) bond motifs is 1. The van der Waals surface area contributed by atoms with Crippen LogP contribution in [0.5, 0.6) is 5.88 Å². The molecule has 6 nitrogen and oxygen atoms in total. The lowest BCUT2D eigenvalue weighted by Gasteiger charge is -2.13. The van der Waals surface area contributed by atoms with Gasteiger partial charge in [-0.2, -0.15) is 0 Å². The van der Waals surface area contributed by atoms with E-state index in [2.05, 4.69) is 45.8 Å². The summed E-state index contributed by atoms with van der Waals surface area (Å²) in [6.45, 7) is 6.55. The molecule has 4 rings (SSSR count). The highest BCUT2D eigenvalue weighted by molar-refractivity contribution is 7.92. The molecule has 0 unspecified atom stereocenters. The number of ether oxygens (including phenoxy) is 1. The van der Waals surface area contributed by atoms with Crippen LogP contribution < -0.4 is 9.46 Å². The molecule has 4 aromatic rings. The van der Waals surface area contributed by atoms with Crippen molar-refractivity contribution < 1.29 is 17.5 Å². The molecule has 0 radical (unpaired) electrons. The van der Waals surface area contributed by atoms with Crippen LogP contribution in [0.1, 0.15) is 5.56 Å². The van der Waals surface area contributed by atoms with Crippen molar-refractivity contribution in [2.75, 3.05) is 11.8 Å². The van der Waals surface area contributed by atoms with Crippen molar-refractivity contribution in [1.29, 1.82) is 0 Å². The van der Waals surface area contributed by atoms with Crippen LogP contribution in [0.25, 0.3) is 22.0 Å². The van der Waals surface area contributed by atoms with Crippen LogP contribution in [0.15, 0.2) is 71.9 Å². The van der Waals surface area contributed by atoms with E-state index in [0.29, 0.717) is 5.56 Å². The Morgan fingerprint density at radius 2 is 1.77 bits per heavy atom. The van der Waals surface area contributed by atoms with Crippen molar-refractivity contribution in [2.24, 2.45) is 0 Å². The summed E-state index contributed by atoms with van der Waals surface area (Å²) < 4.78 is 47.5. The molecule has 0 aliphatic carbocycles. The van der Waals surface area contributed by atoms with Crippen LogP contribution in [0, 0.1) is 17.3 Å². The lowest BCUT2D eigenvalue weighted by atomic mass is 10.0. The minimum atomic E-state index is -4.21. The SMILES string of the molecule is COc1ncc(-c2ccc3nccc(C#C[Si](C)(C)C)c3c2)cc1NS(=O)(=O)c1ccccc1F. The Morgan fingerprint density at radius 1 is 1.00 bits per heavy atom. The van der Waals surface area contributed by atoms with Crippen LogP contribution in [-0.4, -0.2) is 33.6 Å². The molecule has 0 bridgehead atoms. The zero-order valence-corrected chi connectivity index (χ0v) is 21.6. The van der Waals surface area contributed by atoms with Crippen LogP contribution in [-0.2, 0) is 10.0 Å². The van der Waals surface area contributed by atoms with Gasteiger partial charge in [-0.1, -0.05) is 43.8 Å². The quantitative estimate of drug-likeness (QED) is 0.287. The molecule has 0 saturated carbocycles. The molecule has 0 saturated heterocycles. The average Bonchev–Trinajstić information content (AvgIpc) is 2.81. The van der Waals surface area contributed by atoms with E-state index in [0.717, 1.165) is 28.1 Å². The Hall–Kier alpha value is -3.74. The van der Waals surface area contributed by atoms with Gasteiger partial charge >= 0.3 is 0 Å². The summed E-state index contributed by atoms with van der Waals surface area (Å²) in [5.74, 6) is 2.52. The fraction of sp³-hybridized carbons (Fsp3) is 0.154. The van der Waals surface area contributed by atoms with E-state index in [1.54, 1.807) is 18.5 Å². The van der Waals surface area contributed by atoms with Crippen molar-refractivity contribution in [3.8, 4) is 28.5 Å². The van der Waals surface area contributed by atoms with E-state index < -0.39 is 28.8 Å². The highest BCUT2D eigenvalue weighted by Gasteiger charge is 2.21. The number of nitrogens with zero attached hydrogens (tertiary/aromatic N) is 2. The van der Waals surface area contributed by atoms with Gasteiger partial charge < -0.3 is 4.74 Å². The molecular weight excluding hydrogens is 481 g/mol. The smallest absolute Gasteiger partial charge is 0.264 e. The summed E-state index contributed by atoms with van der Waals surface area (Å²) in [7, 11) is -4.40. The minimum Gasteiger partial charge on any atom is -0.480 e. The lowest BCUT2D eigenvalue weighted by molar-refractivity contribution is 0.400. The third-order valence-corrected chi connectivity index (χ3v) is 7.34. The zero-order chi connectivity index (χ0) is 25.2. The molecule has 0 aliphatic rings. The van der Waals surface area contributed by atoms with E-state index in [4.69, 9.17) is 4.74 Å². The van der Waals surface area contributed by atoms with Crippen LogP contribution in [0.2, 0.25) is 19.6 Å². The molecule has 0 fully saturated rings. The maximum Gasteiger partial charge on any atom is 0.264 e. The number of hydrogen-bond acceptors (Lipinski definition) is 5. The molecule has 0 amide bonds. The number of aromatic nitrogens is 2. The van der Waals surface area contributed by atoms with Gasteiger partial charge in [-0.15, -0.1) is 5.54 Å². The summed E-state index contributed by atoms with van der Waals surface area (Å²) in [6.07, 6.45) is 3.32. The number of halogens is 1. The molecule has 2 heterocycles. The fourth-order valence-electron chi connectivity index (χ4n) is 3.40. The van der Waals surface area contributed by atoms with Crippen LogP contribution in [0.3, 0.4) is 0 Å². The molecule has 1 N–H and O–H groups in total. The zero-order valence-electron chi connectivity index (χ0n) is 19.8. The highest BCUT2D eigenvalue weighted by Crippen LogP contribution is 2.32. The summed E-state index contributed by atoms with van der Waals surface area (Å²) in [4.78, 5) is 8.24. The first-order valence-electron chi connectivity index (χ1n) is 10.8. The molecule has 9 heteroatoms. The molecule has 0 spiro atoms. The van der Waals surface area contributed by atoms with Crippen LogP contribution >= 0.6 is 0 Å². The first kappa shape index (κ1) is 24.4. The summed E-state index contributed by atoms with van der Waals surface area (Å²) in [5.41, 5.74) is 6.60. The number of nitrogens with one attached hydrogen (secondary N) is 1. The molecule has 2 aromatic carbocycles. The molecule has 2 aromatic heterocycles. The van der Waals surface area contributed by atoms with E-state index in [-0.39, 0.29) is 11.6 Å². The highest BCUT2D eigenvalue weighted by atomic mass is 32.2. The van der Waals surface area contributed by atoms with E-state index in [1.165, 1.54) is 25.3 Å². The van der Waals surface area contributed by atoms with Gasteiger partial charge in [0, 0.05) is 28.9 Å². The monoisotopic (exact) mass is 505 g/mol. The fourth-order valence-corrected chi connectivity index (χ4v) is 5.04. The maximum absolute atomic E-state index is 14.2. The number of sulfonamides is 1. The third kappa shape index (κ3) is 5.50. The van der Waals surface area contributed by atoms with E-state index in [9.17, 15) is 12.8 Å². The normalized spacial score (nSPS) is 11.6. The van der Waals surface area contributed by atoms with Gasteiger partial charge in [0.15, 0.2) is 0 Å². The topological polar surface area (TPSA) is 81.2 Å². The van der Waals surface area contributed by atoms with Gasteiger partial charge in [-0.05, 0) is 42.0 Å². The van der Waals surface area contributed by atoms with Gasteiger partial charge in [-0.25, -0.2) is 17.8 Å². The largest absolute Gasteiger partial charge is 0.480 e. The molecule has 35 heavy (non-hydrogen) atoms. The Morgan fingerprint density at radius 3 is 2.49 bits per heavy atom. The van der Waals surface area contributed by atoms with Gasteiger partial charge in [0.2, 0.25) is 5.88 Å². The Balaban J connectivity index is 1.78. The first-order chi connectivity index (χ1) is 16.6. The van der Waals surface area contributed by atoms with Crippen LogP contribution in [0.4, 0.5) is 10.1 Å². The molecular formula is C26H24FN3O3SSi. The van der Waals surface area contributed by atoms with Gasteiger partial charge in [-0.3, -0.25) is 9.71 Å². The molecule has 0 aliphatic heterocycles. The second kappa shape index (κ2) is 9.48. The van der Waals surface area contributed by atoms with E-state index in [1.807, 2.05) is 24.3 Å². The number of benzene rings is 2. The Labute approximate surface area is 205 Å². The Bertz CT molecular complexity index is 1590. The van der Waals surface area contributed by atoms with E-state index >= 15 is 0 Å². The molecule has 178 valence electrons. The van der Waals surface area contributed by atoms with Crippen molar-refractivity contribution in [3.05, 3.63) is 78.4 Å². The van der Waals surface area contributed by atoms with Crippen molar-refractivity contribution in [1.82, 2.24) is 9.97 Å². The number of pyridine rings is 2. The second-order valence-corrected chi connectivity index (χ2v) is 15.3. The maximum atomic E-state index is 14.2. The number of rotatable bonds is 5. The number of anilines is 1. The Kier molecular flexibility index (Phi) is 6.61. The molecule has 0 atom stereocenters. The van der Waals surface area contributed by atoms with Crippen molar-refractivity contribution in [3.63, 3.8) is 0 Å². The lowest BCUT2D eigenvalue weighted by Crippen LogP contribution is -2.16. The summed E-state index contributed by atoms with van der Waals surface area (Å²) in [5, 5.41) is 0.889. The predicted molar refractivity (Wildman–Crippen MR) is 139 cm³/mol. The summed E-state index contributed by atoms with van der Waals surface area (Å²) >= 11 is 0. The van der Waals surface area contributed by atoms with Gasteiger partial charge in [0.1, 0.15) is 24.5 Å².